The van der Waals surface area contributed by atoms with Gasteiger partial charge in [0.05, 0.1) is 11.1 Å². The van der Waals surface area contributed by atoms with Crippen LogP contribution in [0.15, 0.2) is 97.1 Å². The fraction of sp³-hybridized carbons (Fsp3) is 0.500. The molecule has 0 bridgehead atoms. The zero-order valence-corrected chi connectivity index (χ0v) is 34.6. The van der Waals surface area contributed by atoms with E-state index in [2.05, 4.69) is 62.4 Å². The Kier molecular flexibility index (Phi) is 15.4. The lowest BCUT2D eigenvalue weighted by molar-refractivity contribution is -0.0239. The van der Waals surface area contributed by atoms with Crippen LogP contribution < -0.4 is 0 Å². The number of hydrogen-bond acceptors (Lipinski definition) is 4. The molecule has 0 amide bonds. The van der Waals surface area contributed by atoms with Gasteiger partial charge in [0, 0.05) is 0 Å². The van der Waals surface area contributed by atoms with Gasteiger partial charge in [0.1, 0.15) is 12.2 Å². The van der Waals surface area contributed by atoms with Crippen LogP contribution in [-0.4, -0.2) is 24.1 Å². The number of benzene rings is 4. The highest BCUT2D eigenvalue weighted by atomic mass is 16.6. The second-order valence-corrected chi connectivity index (χ2v) is 17.0. The summed E-state index contributed by atoms with van der Waals surface area (Å²) < 4.78 is 11.5. The summed E-state index contributed by atoms with van der Waals surface area (Å²) in [7, 11) is 0. The second-order valence-electron chi connectivity index (χ2n) is 17.0. The molecule has 4 nitrogen and oxygen atoms in total. The standard InChI is InChI=1S/C52H66O4/c1-5-7-9-11-39-13-17-41(18-14-39)43-21-25-45(26-22-43)47-29-33-49(34-30-47)51(53)55-37(3)38(4)56-52(54)50-35-31-48(32-36-50)46-27-23-44(24-28-46)42-19-15-40(16-20-42)12-10-8-6-2/h21-42H,5-20H2,1-4H3. The Morgan fingerprint density at radius 2 is 0.768 bits per heavy atom. The first-order valence-corrected chi connectivity index (χ1v) is 22.1. The molecule has 2 aliphatic rings. The molecule has 4 aromatic carbocycles. The number of hydrogen-bond donors (Lipinski definition) is 0. The highest BCUT2D eigenvalue weighted by molar-refractivity contribution is 5.91. The SMILES string of the molecule is CCCCCC1CCC(c2ccc(-c3ccc(C(=O)OC(C)C(C)OC(=O)c4ccc(-c5ccc(C6CCC(CCCCC)CC6)cc5)cc4)cc3)cc2)CC1. The molecule has 0 N–H and O–H groups in total. The molecular weight excluding hydrogens is 689 g/mol. The zero-order chi connectivity index (χ0) is 39.3. The van der Waals surface area contributed by atoms with Gasteiger partial charge >= 0.3 is 11.9 Å². The average molecular weight is 755 g/mol. The molecule has 2 fully saturated rings. The molecule has 4 aromatic rings. The summed E-state index contributed by atoms with van der Waals surface area (Å²) in [6.45, 7) is 8.09. The summed E-state index contributed by atoms with van der Waals surface area (Å²) in [5.74, 6) is 2.30. The van der Waals surface area contributed by atoms with E-state index in [0.717, 1.165) is 34.1 Å². The van der Waals surface area contributed by atoms with Gasteiger partial charge in [-0.2, -0.15) is 0 Å². The first kappa shape index (κ1) is 41.5. The van der Waals surface area contributed by atoms with Crippen LogP contribution in [0.4, 0.5) is 0 Å². The molecule has 0 heterocycles. The maximum absolute atomic E-state index is 13.1. The third kappa shape index (κ3) is 11.5. The molecule has 0 spiro atoms. The Hall–Kier alpha value is -4.18. The van der Waals surface area contributed by atoms with Crippen molar-refractivity contribution in [3.05, 3.63) is 119 Å². The largest absolute Gasteiger partial charge is 0.455 e. The van der Waals surface area contributed by atoms with Crippen molar-refractivity contribution in [3.8, 4) is 22.3 Å². The number of carbonyl (C=O) groups is 2. The van der Waals surface area contributed by atoms with Crippen molar-refractivity contribution >= 4 is 11.9 Å². The lowest BCUT2D eigenvalue weighted by Crippen LogP contribution is -2.30. The molecule has 0 saturated heterocycles. The van der Waals surface area contributed by atoms with Gasteiger partial charge in [-0.1, -0.05) is 138 Å². The van der Waals surface area contributed by atoms with Gasteiger partial charge in [-0.3, -0.25) is 0 Å². The van der Waals surface area contributed by atoms with Crippen LogP contribution in [0.2, 0.25) is 0 Å². The van der Waals surface area contributed by atoms with Crippen LogP contribution in [0.3, 0.4) is 0 Å². The Morgan fingerprint density at radius 1 is 0.464 bits per heavy atom. The van der Waals surface area contributed by atoms with Crippen molar-refractivity contribution < 1.29 is 19.1 Å². The summed E-state index contributed by atoms with van der Waals surface area (Å²) in [6.07, 6.45) is 20.3. The minimum atomic E-state index is -0.612. The molecule has 4 heteroatoms. The summed E-state index contributed by atoms with van der Waals surface area (Å²) in [4.78, 5) is 26.1. The topological polar surface area (TPSA) is 52.6 Å². The Bertz CT molecular complexity index is 1640. The molecule has 0 aliphatic heterocycles. The van der Waals surface area contributed by atoms with Crippen molar-refractivity contribution in [2.24, 2.45) is 11.8 Å². The maximum Gasteiger partial charge on any atom is 0.338 e. The van der Waals surface area contributed by atoms with Crippen LogP contribution in [0, 0.1) is 11.8 Å². The highest BCUT2D eigenvalue weighted by Crippen LogP contribution is 2.40. The summed E-state index contributed by atoms with van der Waals surface area (Å²) in [5, 5.41) is 0. The minimum Gasteiger partial charge on any atom is -0.455 e. The van der Waals surface area contributed by atoms with E-state index in [0.29, 0.717) is 23.0 Å². The predicted octanol–water partition coefficient (Wildman–Crippen LogP) is 14.5. The minimum absolute atomic E-state index is 0.432. The number of esters is 2. The molecule has 0 aromatic heterocycles. The molecule has 2 aliphatic carbocycles. The molecule has 0 radical (unpaired) electrons. The first-order chi connectivity index (χ1) is 27.3. The molecule has 2 unspecified atom stereocenters. The number of carbonyl (C=O) groups excluding carboxylic acids is 2. The normalized spacial score (nSPS) is 20.9. The third-order valence-corrected chi connectivity index (χ3v) is 13.0. The van der Waals surface area contributed by atoms with Gasteiger partial charge in [0.15, 0.2) is 0 Å². The van der Waals surface area contributed by atoms with Crippen LogP contribution in [0.5, 0.6) is 0 Å². The quantitative estimate of drug-likeness (QED) is 0.0796. The third-order valence-electron chi connectivity index (χ3n) is 13.0. The van der Waals surface area contributed by atoms with Crippen LogP contribution >= 0.6 is 0 Å². The smallest absolute Gasteiger partial charge is 0.338 e. The van der Waals surface area contributed by atoms with Gasteiger partial charge in [-0.05, 0) is 147 Å². The van der Waals surface area contributed by atoms with Gasteiger partial charge < -0.3 is 9.47 Å². The number of ether oxygens (including phenoxy) is 2. The lowest BCUT2D eigenvalue weighted by Gasteiger charge is -2.29. The molecule has 6 rings (SSSR count). The van der Waals surface area contributed by atoms with Crippen molar-refractivity contribution in [3.63, 3.8) is 0 Å². The Morgan fingerprint density at radius 3 is 1.07 bits per heavy atom. The Balaban J connectivity index is 0.935. The monoisotopic (exact) mass is 754 g/mol. The molecule has 2 saturated carbocycles. The van der Waals surface area contributed by atoms with E-state index in [4.69, 9.17) is 9.47 Å². The highest BCUT2D eigenvalue weighted by Gasteiger charge is 2.25. The number of rotatable bonds is 17. The average Bonchev–Trinajstić information content (AvgIpc) is 3.24. The molecule has 298 valence electrons. The van der Waals surface area contributed by atoms with E-state index in [9.17, 15) is 9.59 Å². The van der Waals surface area contributed by atoms with Crippen molar-refractivity contribution in [1.29, 1.82) is 0 Å². The van der Waals surface area contributed by atoms with E-state index < -0.39 is 24.1 Å². The van der Waals surface area contributed by atoms with E-state index in [-0.39, 0.29) is 0 Å². The van der Waals surface area contributed by atoms with Crippen molar-refractivity contribution in [2.75, 3.05) is 0 Å². The summed E-state index contributed by atoms with van der Waals surface area (Å²) >= 11 is 0. The van der Waals surface area contributed by atoms with Gasteiger partial charge in [-0.25, -0.2) is 9.59 Å². The van der Waals surface area contributed by atoms with Crippen LogP contribution in [0.25, 0.3) is 22.3 Å². The first-order valence-electron chi connectivity index (χ1n) is 22.1. The van der Waals surface area contributed by atoms with Crippen LogP contribution in [0.1, 0.15) is 174 Å². The second kappa shape index (κ2) is 20.8. The van der Waals surface area contributed by atoms with Crippen LogP contribution in [-0.2, 0) is 9.47 Å². The fourth-order valence-electron chi connectivity index (χ4n) is 9.09. The maximum atomic E-state index is 13.1. The zero-order valence-electron chi connectivity index (χ0n) is 34.6. The van der Waals surface area contributed by atoms with Gasteiger partial charge in [-0.15, -0.1) is 0 Å². The summed E-state index contributed by atoms with van der Waals surface area (Å²) in [5.41, 5.74) is 8.25. The Labute approximate surface area is 337 Å². The number of unbranched alkanes of at least 4 members (excludes halogenated alkanes) is 4. The fourth-order valence-corrected chi connectivity index (χ4v) is 9.09. The predicted molar refractivity (Wildman–Crippen MR) is 231 cm³/mol. The van der Waals surface area contributed by atoms with E-state index in [1.807, 2.05) is 48.5 Å². The molecular formula is C52H66O4. The molecule has 56 heavy (non-hydrogen) atoms. The lowest BCUT2D eigenvalue weighted by atomic mass is 9.77. The molecule has 2 atom stereocenters. The van der Waals surface area contributed by atoms with Gasteiger partial charge in [0.25, 0.3) is 0 Å². The van der Waals surface area contributed by atoms with Crippen molar-refractivity contribution in [2.45, 2.75) is 154 Å². The van der Waals surface area contributed by atoms with Gasteiger partial charge in [0.2, 0.25) is 0 Å². The van der Waals surface area contributed by atoms with Crippen molar-refractivity contribution in [1.82, 2.24) is 0 Å². The van der Waals surface area contributed by atoms with E-state index in [1.165, 1.54) is 114 Å². The van der Waals surface area contributed by atoms with E-state index >= 15 is 0 Å². The van der Waals surface area contributed by atoms with E-state index in [1.54, 1.807) is 13.8 Å². The summed E-state index contributed by atoms with van der Waals surface area (Å²) in [6, 6.07) is 33.1.